The van der Waals surface area contributed by atoms with Crippen LogP contribution >= 0.6 is 0 Å². The Balaban J connectivity index is 1.52. The number of benzene rings is 1. The van der Waals surface area contributed by atoms with Gasteiger partial charge >= 0.3 is 0 Å². The summed E-state index contributed by atoms with van der Waals surface area (Å²) in [6.45, 7) is 4.49. The van der Waals surface area contributed by atoms with Crippen LogP contribution in [0.2, 0.25) is 0 Å². The van der Waals surface area contributed by atoms with Crippen molar-refractivity contribution in [1.29, 1.82) is 0 Å². The van der Waals surface area contributed by atoms with Crippen LogP contribution in [0.1, 0.15) is 43.9 Å². The Morgan fingerprint density at radius 1 is 1.29 bits per heavy atom. The molecular formula is C19H25NO3S. The highest BCUT2D eigenvalue weighted by Gasteiger charge is 2.51. The molecule has 1 aromatic carbocycles. The Labute approximate surface area is 144 Å². The molecule has 1 saturated carbocycles. The molecule has 4 nitrogen and oxygen atoms in total. The van der Waals surface area contributed by atoms with E-state index in [2.05, 4.69) is 24.6 Å². The fourth-order valence-electron chi connectivity index (χ4n) is 4.81. The lowest BCUT2D eigenvalue weighted by molar-refractivity contribution is -0.00553. The predicted molar refractivity (Wildman–Crippen MR) is 93.9 cm³/mol. The molecule has 1 fully saturated rings. The number of hydrogen-bond donors (Lipinski definition) is 2. The van der Waals surface area contributed by atoms with E-state index in [9.17, 15) is 13.5 Å². The predicted octanol–water partition coefficient (Wildman–Crippen LogP) is 2.56. The van der Waals surface area contributed by atoms with E-state index >= 15 is 0 Å². The van der Waals surface area contributed by atoms with Gasteiger partial charge in [-0.05, 0) is 41.2 Å². The summed E-state index contributed by atoms with van der Waals surface area (Å²) >= 11 is 0. The Hall–Kier alpha value is -1.17. The van der Waals surface area contributed by atoms with Gasteiger partial charge in [-0.25, -0.2) is 13.1 Å². The molecule has 0 spiro atoms. The van der Waals surface area contributed by atoms with Gasteiger partial charge in [-0.15, -0.1) is 0 Å². The molecule has 4 aliphatic carbocycles. The van der Waals surface area contributed by atoms with Crippen LogP contribution in [0.3, 0.4) is 0 Å². The quantitative estimate of drug-likeness (QED) is 0.823. The van der Waals surface area contributed by atoms with E-state index in [0.29, 0.717) is 18.3 Å². The molecule has 5 rings (SSSR count). The third kappa shape index (κ3) is 2.54. The molecule has 24 heavy (non-hydrogen) atoms. The fraction of sp³-hybridized carbons (Fsp3) is 0.579. The minimum Gasteiger partial charge on any atom is -0.391 e. The minimum absolute atomic E-state index is 0.0548. The van der Waals surface area contributed by atoms with Crippen molar-refractivity contribution in [1.82, 2.24) is 4.72 Å². The Morgan fingerprint density at radius 2 is 2.04 bits per heavy atom. The first-order valence-corrected chi connectivity index (χ1v) is 10.4. The number of sulfonamides is 1. The van der Waals surface area contributed by atoms with Crippen LogP contribution in [-0.2, 0) is 16.4 Å². The van der Waals surface area contributed by atoms with E-state index in [1.165, 1.54) is 0 Å². The average Bonchev–Trinajstić information content (AvgIpc) is 2.82. The maximum absolute atomic E-state index is 12.7. The number of fused-ring (bicyclic) bond motifs is 2. The van der Waals surface area contributed by atoms with E-state index in [0.717, 1.165) is 29.5 Å². The summed E-state index contributed by atoms with van der Waals surface area (Å²) in [5.74, 6) is 1.14. The number of aliphatic hydroxyl groups excluding tert-OH is 1. The SMILES string of the molecule is CC1(C)C2CC=C(CS(=O)(=O)NC3c4ccccc4CC3O)C1C2. The molecule has 4 atom stereocenters. The highest BCUT2D eigenvalue weighted by Crippen LogP contribution is 2.59. The number of hydrogen-bond acceptors (Lipinski definition) is 3. The van der Waals surface area contributed by atoms with Gasteiger partial charge < -0.3 is 5.11 Å². The summed E-state index contributed by atoms with van der Waals surface area (Å²) < 4.78 is 28.2. The largest absolute Gasteiger partial charge is 0.391 e. The topological polar surface area (TPSA) is 66.4 Å². The fourth-order valence-corrected chi connectivity index (χ4v) is 6.32. The van der Waals surface area contributed by atoms with Crippen LogP contribution in [-0.4, -0.2) is 25.4 Å². The zero-order chi connectivity index (χ0) is 17.1. The molecule has 5 heteroatoms. The molecule has 0 amide bonds. The molecule has 2 bridgehead atoms. The van der Waals surface area contributed by atoms with Crippen LogP contribution in [0.5, 0.6) is 0 Å². The van der Waals surface area contributed by atoms with Gasteiger partial charge in [0, 0.05) is 6.42 Å². The van der Waals surface area contributed by atoms with Crippen molar-refractivity contribution in [2.75, 3.05) is 5.75 Å². The van der Waals surface area contributed by atoms with Crippen molar-refractivity contribution in [3.8, 4) is 0 Å². The highest BCUT2D eigenvalue weighted by molar-refractivity contribution is 7.89. The van der Waals surface area contributed by atoms with Gasteiger partial charge in [0.1, 0.15) is 0 Å². The molecule has 0 heterocycles. The van der Waals surface area contributed by atoms with Gasteiger partial charge in [-0.1, -0.05) is 49.8 Å². The Morgan fingerprint density at radius 3 is 2.75 bits per heavy atom. The first-order valence-electron chi connectivity index (χ1n) is 8.73. The van der Waals surface area contributed by atoms with Gasteiger partial charge in [0.2, 0.25) is 10.0 Å². The van der Waals surface area contributed by atoms with Gasteiger partial charge in [0.25, 0.3) is 0 Å². The average molecular weight is 347 g/mol. The highest BCUT2D eigenvalue weighted by atomic mass is 32.2. The van der Waals surface area contributed by atoms with Crippen LogP contribution in [0.25, 0.3) is 0 Å². The van der Waals surface area contributed by atoms with Gasteiger partial charge in [0.05, 0.1) is 17.9 Å². The number of allylic oxidation sites excluding steroid dienone is 1. The smallest absolute Gasteiger partial charge is 0.216 e. The summed E-state index contributed by atoms with van der Waals surface area (Å²) in [6, 6.07) is 7.13. The normalized spacial score (nSPS) is 33.5. The molecule has 1 aromatic rings. The van der Waals surface area contributed by atoms with E-state index in [1.54, 1.807) is 0 Å². The molecule has 0 saturated heterocycles. The first-order chi connectivity index (χ1) is 11.3. The maximum Gasteiger partial charge on any atom is 0.216 e. The van der Waals surface area contributed by atoms with Gasteiger partial charge in [-0.3, -0.25) is 0 Å². The first kappa shape index (κ1) is 16.3. The zero-order valence-corrected chi connectivity index (χ0v) is 15.0. The van der Waals surface area contributed by atoms with Crippen molar-refractivity contribution < 1.29 is 13.5 Å². The monoisotopic (exact) mass is 347 g/mol. The lowest BCUT2D eigenvalue weighted by Crippen LogP contribution is -2.49. The standard InChI is InChI=1S/C19H25NO3S/c1-19(2)14-8-7-13(16(19)10-14)11-24(22,23)20-18-15-6-4-3-5-12(15)9-17(18)21/h3-7,14,16-18,20-21H,8-11H2,1-2H3. The van der Waals surface area contributed by atoms with Crippen LogP contribution in [0.4, 0.5) is 0 Å². The minimum atomic E-state index is -3.48. The molecular weight excluding hydrogens is 322 g/mol. The van der Waals surface area contributed by atoms with Crippen molar-refractivity contribution in [2.45, 2.75) is 45.3 Å². The molecule has 2 N–H and O–H groups in total. The van der Waals surface area contributed by atoms with Crippen molar-refractivity contribution in [3.63, 3.8) is 0 Å². The summed E-state index contributed by atoms with van der Waals surface area (Å²) in [7, 11) is -3.48. The zero-order valence-electron chi connectivity index (χ0n) is 14.2. The molecule has 0 aliphatic heterocycles. The van der Waals surface area contributed by atoms with E-state index in [4.69, 9.17) is 0 Å². The Kier molecular flexibility index (Phi) is 3.68. The third-order valence-corrected chi connectivity index (χ3v) is 7.78. The molecule has 4 aliphatic rings. The number of rotatable bonds is 4. The second-order valence-electron chi connectivity index (χ2n) is 8.15. The van der Waals surface area contributed by atoms with Crippen LogP contribution in [0.15, 0.2) is 35.9 Å². The van der Waals surface area contributed by atoms with Crippen molar-refractivity contribution in [2.24, 2.45) is 17.3 Å². The summed E-state index contributed by atoms with van der Waals surface area (Å²) in [5.41, 5.74) is 3.20. The molecule has 130 valence electrons. The summed E-state index contributed by atoms with van der Waals surface area (Å²) in [5, 5.41) is 10.3. The van der Waals surface area contributed by atoms with E-state index in [-0.39, 0.29) is 11.2 Å². The van der Waals surface area contributed by atoms with Crippen molar-refractivity contribution >= 4 is 10.0 Å². The van der Waals surface area contributed by atoms with E-state index in [1.807, 2.05) is 24.3 Å². The second kappa shape index (κ2) is 5.41. The van der Waals surface area contributed by atoms with Gasteiger partial charge in [0.15, 0.2) is 0 Å². The maximum atomic E-state index is 12.7. The third-order valence-electron chi connectivity index (χ3n) is 6.45. The van der Waals surface area contributed by atoms with Crippen LogP contribution < -0.4 is 4.72 Å². The van der Waals surface area contributed by atoms with Crippen LogP contribution in [0, 0.1) is 17.3 Å². The summed E-state index contributed by atoms with van der Waals surface area (Å²) in [6.07, 6.45) is 4.04. The lowest BCUT2D eigenvalue weighted by Gasteiger charge is -2.56. The molecule has 0 radical (unpaired) electrons. The summed E-state index contributed by atoms with van der Waals surface area (Å²) in [4.78, 5) is 0. The molecule has 4 unspecified atom stereocenters. The second-order valence-corrected chi connectivity index (χ2v) is 9.90. The van der Waals surface area contributed by atoms with Gasteiger partial charge in [-0.2, -0.15) is 0 Å². The Bertz CT molecular complexity index is 797. The lowest BCUT2D eigenvalue weighted by atomic mass is 9.49. The number of aliphatic hydroxyl groups is 1. The van der Waals surface area contributed by atoms with Crippen molar-refractivity contribution in [3.05, 3.63) is 47.0 Å². The number of nitrogens with one attached hydrogen (secondary N) is 1. The van der Waals surface area contributed by atoms with E-state index < -0.39 is 22.2 Å². The molecule has 0 aromatic heterocycles.